The maximum absolute atomic E-state index is 12.9. The topological polar surface area (TPSA) is 78.5 Å². The average Bonchev–Trinajstić information content (AvgIpc) is 2.73. The van der Waals surface area contributed by atoms with Crippen molar-refractivity contribution >= 4 is 45.0 Å². The summed E-state index contributed by atoms with van der Waals surface area (Å²) in [6.45, 7) is 7.48. The summed E-state index contributed by atoms with van der Waals surface area (Å²) >= 11 is 5.10. The van der Waals surface area contributed by atoms with Crippen LogP contribution in [-0.4, -0.2) is 36.8 Å². The molecule has 1 amide bonds. The van der Waals surface area contributed by atoms with Crippen molar-refractivity contribution in [3.05, 3.63) is 91.3 Å². The average molecular weight is 460 g/mol. The molecule has 0 fully saturated rings. The van der Waals surface area contributed by atoms with E-state index in [1.54, 1.807) is 12.1 Å². The van der Waals surface area contributed by atoms with Gasteiger partial charge in [-0.1, -0.05) is 24.3 Å². The summed E-state index contributed by atoms with van der Waals surface area (Å²) in [6, 6.07) is 11.6. The monoisotopic (exact) mass is 459 g/mol. The molecule has 2 N–H and O–H groups in total. The highest BCUT2D eigenvalue weighted by Gasteiger charge is 2.22. The minimum atomic E-state index is -3.70. The highest BCUT2D eigenvalue weighted by Crippen LogP contribution is 2.18. The lowest BCUT2D eigenvalue weighted by molar-refractivity contribution is -0.115. The number of amides is 1. The van der Waals surface area contributed by atoms with Gasteiger partial charge in [-0.05, 0) is 60.3 Å². The summed E-state index contributed by atoms with van der Waals surface area (Å²) in [5.41, 5.74) is 1.17. The number of rotatable bonds is 9. The van der Waals surface area contributed by atoms with Crippen LogP contribution in [0.1, 0.15) is 5.56 Å². The Hall–Kier alpha value is -3.14. The van der Waals surface area contributed by atoms with Gasteiger partial charge in [0.25, 0.3) is 0 Å². The van der Waals surface area contributed by atoms with E-state index in [2.05, 4.69) is 23.8 Å². The molecular formula is C22H22FN3O3S2. The Morgan fingerprint density at radius 2 is 1.61 bits per heavy atom. The number of thiocarbonyl (C=S) groups is 1. The second kappa shape index (κ2) is 11.3. The van der Waals surface area contributed by atoms with Gasteiger partial charge in [-0.15, -0.1) is 13.2 Å². The van der Waals surface area contributed by atoms with Gasteiger partial charge in [0.05, 0.1) is 4.90 Å². The molecule has 31 heavy (non-hydrogen) atoms. The molecule has 0 aliphatic rings. The van der Waals surface area contributed by atoms with Crippen LogP contribution in [0.15, 0.2) is 84.8 Å². The van der Waals surface area contributed by atoms with Crippen LogP contribution >= 0.6 is 12.2 Å². The fourth-order valence-electron chi connectivity index (χ4n) is 2.48. The molecule has 0 unspecified atom stereocenters. The van der Waals surface area contributed by atoms with Gasteiger partial charge in [0.1, 0.15) is 5.82 Å². The van der Waals surface area contributed by atoms with Gasteiger partial charge in [0.15, 0.2) is 5.11 Å². The van der Waals surface area contributed by atoms with Gasteiger partial charge >= 0.3 is 0 Å². The SMILES string of the molecule is C=CCN(CC=C)S(=O)(=O)c1ccc(NC(=S)NC(=O)/C=C/c2ccc(F)cc2)cc1. The molecule has 0 heterocycles. The maximum atomic E-state index is 12.9. The molecule has 162 valence electrons. The molecule has 0 radical (unpaired) electrons. The first-order valence-electron chi connectivity index (χ1n) is 9.14. The minimum absolute atomic E-state index is 0.0457. The Balaban J connectivity index is 1.98. The summed E-state index contributed by atoms with van der Waals surface area (Å²) in [5.74, 6) is -0.828. The number of sulfonamides is 1. The van der Waals surface area contributed by atoms with E-state index in [4.69, 9.17) is 12.2 Å². The van der Waals surface area contributed by atoms with Gasteiger partial charge in [-0.2, -0.15) is 4.31 Å². The van der Waals surface area contributed by atoms with Crippen LogP contribution in [0, 0.1) is 5.82 Å². The number of carbonyl (C=O) groups is 1. The molecule has 0 atom stereocenters. The molecular weight excluding hydrogens is 437 g/mol. The summed E-state index contributed by atoms with van der Waals surface area (Å²) in [4.78, 5) is 12.1. The molecule has 9 heteroatoms. The molecule has 0 saturated heterocycles. The Morgan fingerprint density at radius 1 is 1.03 bits per heavy atom. The Bertz CT molecular complexity index is 1070. The van der Waals surface area contributed by atoms with E-state index in [-0.39, 0.29) is 28.9 Å². The number of anilines is 1. The van der Waals surface area contributed by atoms with Crippen LogP contribution in [0.5, 0.6) is 0 Å². The Kier molecular flexibility index (Phi) is 8.80. The summed E-state index contributed by atoms with van der Waals surface area (Å²) in [6.07, 6.45) is 5.80. The van der Waals surface area contributed by atoms with Crippen LogP contribution in [0.25, 0.3) is 6.08 Å². The molecule has 0 aliphatic carbocycles. The zero-order chi connectivity index (χ0) is 22.9. The first kappa shape index (κ1) is 24.1. The van der Waals surface area contributed by atoms with E-state index in [0.717, 1.165) is 0 Å². The van der Waals surface area contributed by atoms with Crippen molar-refractivity contribution in [2.24, 2.45) is 0 Å². The van der Waals surface area contributed by atoms with Gasteiger partial charge < -0.3 is 5.32 Å². The predicted molar refractivity (Wildman–Crippen MR) is 125 cm³/mol. The minimum Gasteiger partial charge on any atom is -0.332 e. The molecule has 2 rings (SSSR count). The molecule has 6 nitrogen and oxygen atoms in total. The third kappa shape index (κ3) is 7.25. The van der Waals surface area contributed by atoms with Crippen molar-refractivity contribution in [1.82, 2.24) is 9.62 Å². The van der Waals surface area contributed by atoms with Crippen molar-refractivity contribution in [2.75, 3.05) is 18.4 Å². The second-order valence-electron chi connectivity index (χ2n) is 6.25. The first-order chi connectivity index (χ1) is 14.8. The fraction of sp³-hybridized carbons (Fsp3) is 0.0909. The van der Waals surface area contributed by atoms with Crippen molar-refractivity contribution in [3.63, 3.8) is 0 Å². The smallest absolute Gasteiger partial charge is 0.250 e. The number of nitrogens with one attached hydrogen (secondary N) is 2. The second-order valence-corrected chi connectivity index (χ2v) is 8.60. The summed E-state index contributed by atoms with van der Waals surface area (Å²) < 4.78 is 39.5. The van der Waals surface area contributed by atoms with Gasteiger partial charge in [0.2, 0.25) is 15.9 Å². The predicted octanol–water partition coefficient (Wildman–Crippen LogP) is 3.71. The van der Waals surface area contributed by atoms with Crippen LogP contribution < -0.4 is 10.6 Å². The van der Waals surface area contributed by atoms with Gasteiger partial charge in [-0.3, -0.25) is 10.1 Å². The van der Waals surface area contributed by atoms with E-state index in [9.17, 15) is 17.6 Å². The normalized spacial score (nSPS) is 11.3. The Morgan fingerprint density at radius 3 is 2.16 bits per heavy atom. The van der Waals surface area contributed by atoms with E-state index < -0.39 is 15.9 Å². The molecule has 0 aromatic heterocycles. The number of halogens is 1. The molecule has 0 bridgehead atoms. The fourth-order valence-corrected chi connectivity index (χ4v) is 4.08. The first-order valence-corrected chi connectivity index (χ1v) is 11.0. The molecule has 0 aliphatic heterocycles. The highest BCUT2D eigenvalue weighted by atomic mass is 32.2. The van der Waals surface area contributed by atoms with E-state index in [1.165, 1.54) is 65.0 Å². The third-order valence-corrected chi connectivity index (χ3v) is 6.00. The van der Waals surface area contributed by atoms with Crippen LogP contribution in [-0.2, 0) is 14.8 Å². The summed E-state index contributed by atoms with van der Waals surface area (Å²) in [5, 5.41) is 5.34. The molecule has 0 saturated carbocycles. The highest BCUT2D eigenvalue weighted by molar-refractivity contribution is 7.89. The van der Waals surface area contributed by atoms with Crippen molar-refractivity contribution < 1.29 is 17.6 Å². The lowest BCUT2D eigenvalue weighted by Gasteiger charge is -2.19. The van der Waals surface area contributed by atoms with Crippen molar-refractivity contribution in [1.29, 1.82) is 0 Å². The number of carbonyl (C=O) groups excluding carboxylic acids is 1. The van der Waals surface area contributed by atoms with Gasteiger partial charge in [-0.25, -0.2) is 12.8 Å². The van der Waals surface area contributed by atoms with Crippen molar-refractivity contribution in [3.8, 4) is 0 Å². The largest absolute Gasteiger partial charge is 0.332 e. The lowest BCUT2D eigenvalue weighted by Crippen LogP contribution is -2.33. The third-order valence-electron chi connectivity index (χ3n) is 3.95. The number of benzene rings is 2. The molecule has 0 spiro atoms. The van der Waals surface area contributed by atoms with Gasteiger partial charge in [0, 0.05) is 24.9 Å². The number of hydrogen-bond acceptors (Lipinski definition) is 4. The van der Waals surface area contributed by atoms with Crippen LogP contribution in [0.3, 0.4) is 0 Å². The van der Waals surface area contributed by atoms with E-state index in [0.29, 0.717) is 11.3 Å². The number of hydrogen-bond donors (Lipinski definition) is 2. The van der Waals surface area contributed by atoms with Crippen LogP contribution in [0.2, 0.25) is 0 Å². The van der Waals surface area contributed by atoms with E-state index >= 15 is 0 Å². The Labute approximate surface area is 186 Å². The lowest BCUT2D eigenvalue weighted by atomic mass is 10.2. The molecule has 2 aromatic rings. The van der Waals surface area contributed by atoms with Crippen molar-refractivity contribution in [2.45, 2.75) is 4.90 Å². The van der Waals surface area contributed by atoms with E-state index in [1.807, 2.05) is 0 Å². The zero-order valence-corrected chi connectivity index (χ0v) is 18.3. The standard InChI is InChI=1S/C22H22FN3O3S2/c1-3-15-26(16-4-2)31(28,29)20-12-10-19(11-13-20)24-22(30)25-21(27)14-7-17-5-8-18(23)9-6-17/h3-14H,1-2,15-16H2,(H2,24,25,27,30)/b14-7+. The maximum Gasteiger partial charge on any atom is 0.250 e. The zero-order valence-electron chi connectivity index (χ0n) is 16.6. The van der Waals surface area contributed by atoms with Crippen LogP contribution in [0.4, 0.5) is 10.1 Å². The summed E-state index contributed by atoms with van der Waals surface area (Å²) in [7, 11) is -3.70. The number of nitrogens with zero attached hydrogens (tertiary/aromatic N) is 1. The quantitative estimate of drug-likeness (QED) is 0.340. The molecule has 2 aromatic carbocycles.